The van der Waals surface area contributed by atoms with Crippen molar-refractivity contribution in [3.05, 3.63) is 83.4 Å². The molecule has 1 aliphatic carbocycles. The fraction of sp³-hybridized carbons (Fsp3) is 0.467. The summed E-state index contributed by atoms with van der Waals surface area (Å²) in [5, 5.41) is 0. The van der Waals surface area contributed by atoms with Crippen molar-refractivity contribution in [1.29, 1.82) is 0 Å². The summed E-state index contributed by atoms with van der Waals surface area (Å²) in [5.41, 5.74) is 6.93. The first kappa shape index (κ1) is 23.4. The SMILES string of the molecule is C=Cc1ccccc1CN(c1ccccc1C)C(C)C/C1=C\CCCC(C(C)C)CC1. The van der Waals surface area contributed by atoms with E-state index < -0.39 is 0 Å². The second-order valence-electron chi connectivity index (χ2n) is 9.71. The number of anilines is 1. The molecule has 0 aliphatic heterocycles. The number of para-hydroxylation sites is 1. The predicted molar refractivity (Wildman–Crippen MR) is 137 cm³/mol. The lowest BCUT2D eigenvalue weighted by molar-refractivity contribution is 0.323. The molecule has 0 saturated heterocycles. The number of aryl methyl sites for hydroxylation is 1. The Kier molecular flexibility index (Phi) is 8.58. The maximum atomic E-state index is 4.04. The third-order valence-corrected chi connectivity index (χ3v) is 7.12. The first-order valence-electron chi connectivity index (χ1n) is 12.2. The van der Waals surface area contributed by atoms with Crippen LogP contribution in [-0.4, -0.2) is 6.04 Å². The van der Waals surface area contributed by atoms with E-state index in [1.807, 2.05) is 6.08 Å². The standard InChI is InChI=1S/C30H41N/c1-6-27-15-10-11-17-29(27)22-31(30-18-12-7-13-24(30)4)25(5)21-26-14-8-9-16-28(20-19-26)23(2)3/h6-7,10-15,17-18,23,25,28H,1,8-9,16,19-22H2,2-5H3/b26-14-. The number of allylic oxidation sites excluding steroid dienone is 1. The Morgan fingerprint density at radius 2 is 1.77 bits per heavy atom. The van der Waals surface area contributed by atoms with E-state index in [0.29, 0.717) is 6.04 Å². The molecule has 2 aromatic rings. The Labute approximate surface area is 190 Å². The molecule has 0 amide bonds. The van der Waals surface area contributed by atoms with Crippen LogP contribution in [0.2, 0.25) is 0 Å². The van der Waals surface area contributed by atoms with Crippen LogP contribution in [0.1, 0.15) is 76.0 Å². The highest BCUT2D eigenvalue weighted by Gasteiger charge is 2.21. The Morgan fingerprint density at radius 3 is 2.52 bits per heavy atom. The molecule has 166 valence electrons. The van der Waals surface area contributed by atoms with Gasteiger partial charge >= 0.3 is 0 Å². The van der Waals surface area contributed by atoms with E-state index in [2.05, 4.69) is 93.8 Å². The van der Waals surface area contributed by atoms with Crippen LogP contribution >= 0.6 is 0 Å². The van der Waals surface area contributed by atoms with Crippen LogP contribution in [0.5, 0.6) is 0 Å². The van der Waals surface area contributed by atoms with E-state index in [9.17, 15) is 0 Å². The summed E-state index contributed by atoms with van der Waals surface area (Å²) in [7, 11) is 0. The van der Waals surface area contributed by atoms with Crippen LogP contribution in [0.3, 0.4) is 0 Å². The number of rotatable bonds is 8. The molecular formula is C30H41N. The molecule has 3 rings (SSSR count). The van der Waals surface area contributed by atoms with E-state index in [1.54, 1.807) is 5.57 Å². The van der Waals surface area contributed by atoms with Crippen LogP contribution in [0.4, 0.5) is 5.69 Å². The number of hydrogen-bond donors (Lipinski definition) is 0. The van der Waals surface area contributed by atoms with Crippen molar-refractivity contribution in [1.82, 2.24) is 0 Å². The van der Waals surface area contributed by atoms with Crippen molar-refractivity contribution in [3.8, 4) is 0 Å². The Hall–Kier alpha value is -2.28. The van der Waals surface area contributed by atoms with Crippen molar-refractivity contribution < 1.29 is 0 Å². The second kappa shape index (κ2) is 11.4. The van der Waals surface area contributed by atoms with Gasteiger partial charge in [0.1, 0.15) is 0 Å². The zero-order valence-corrected chi connectivity index (χ0v) is 20.1. The monoisotopic (exact) mass is 415 g/mol. The Morgan fingerprint density at radius 1 is 1.03 bits per heavy atom. The van der Waals surface area contributed by atoms with Gasteiger partial charge in [-0.3, -0.25) is 0 Å². The average molecular weight is 416 g/mol. The number of nitrogens with zero attached hydrogens (tertiary/aromatic N) is 1. The third-order valence-electron chi connectivity index (χ3n) is 7.12. The summed E-state index contributed by atoms with van der Waals surface area (Å²) in [6, 6.07) is 17.9. The van der Waals surface area contributed by atoms with Gasteiger partial charge in [-0.1, -0.05) is 80.6 Å². The normalized spacial score (nSPS) is 19.8. The van der Waals surface area contributed by atoms with Crippen molar-refractivity contribution in [2.75, 3.05) is 4.90 Å². The highest BCUT2D eigenvalue weighted by Crippen LogP contribution is 2.32. The van der Waals surface area contributed by atoms with Gasteiger partial charge < -0.3 is 4.90 Å². The molecule has 2 unspecified atom stereocenters. The van der Waals surface area contributed by atoms with Gasteiger partial charge in [0.15, 0.2) is 0 Å². The van der Waals surface area contributed by atoms with Gasteiger partial charge in [0, 0.05) is 18.3 Å². The molecule has 31 heavy (non-hydrogen) atoms. The minimum Gasteiger partial charge on any atom is -0.364 e. The summed E-state index contributed by atoms with van der Waals surface area (Å²) in [5.74, 6) is 1.68. The van der Waals surface area contributed by atoms with Crippen molar-refractivity contribution in [2.45, 2.75) is 78.8 Å². The summed E-state index contributed by atoms with van der Waals surface area (Å²) in [6.45, 7) is 14.4. The van der Waals surface area contributed by atoms with Gasteiger partial charge in [0.2, 0.25) is 0 Å². The summed E-state index contributed by atoms with van der Waals surface area (Å²) in [4.78, 5) is 2.61. The minimum atomic E-state index is 0.446. The Bertz CT molecular complexity index is 875. The highest BCUT2D eigenvalue weighted by atomic mass is 15.2. The van der Waals surface area contributed by atoms with E-state index >= 15 is 0 Å². The summed E-state index contributed by atoms with van der Waals surface area (Å²) < 4.78 is 0. The predicted octanol–water partition coefficient (Wildman–Crippen LogP) is 8.59. The molecule has 0 fully saturated rings. The van der Waals surface area contributed by atoms with Crippen molar-refractivity contribution >= 4 is 11.8 Å². The molecule has 2 aromatic carbocycles. The van der Waals surface area contributed by atoms with Gasteiger partial charge in [-0.2, -0.15) is 0 Å². The Balaban J connectivity index is 1.83. The molecule has 1 heteroatoms. The molecule has 0 radical (unpaired) electrons. The molecule has 0 N–H and O–H groups in total. The second-order valence-corrected chi connectivity index (χ2v) is 9.71. The topological polar surface area (TPSA) is 3.24 Å². The van der Waals surface area contributed by atoms with E-state index in [-0.39, 0.29) is 0 Å². The molecule has 0 heterocycles. The molecule has 0 aromatic heterocycles. The maximum Gasteiger partial charge on any atom is 0.0438 e. The van der Waals surface area contributed by atoms with Crippen molar-refractivity contribution in [2.24, 2.45) is 11.8 Å². The minimum absolute atomic E-state index is 0.446. The highest BCUT2D eigenvalue weighted by molar-refractivity contribution is 5.57. The lowest BCUT2D eigenvalue weighted by Crippen LogP contribution is -2.34. The number of benzene rings is 2. The van der Waals surface area contributed by atoms with Crippen LogP contribution in [0.25, 0.3) is 6.08 Å². The van der Waals surface area contributed by atoms with Crippen molar-refractivity contribution in [3.63, 3.8) is 0 Å². The maximum absolute atomic E-state index is 4.04. The first-order valence-corrected chi connectivity index (χ1v) is 12.2. The molecule has 0 saturated carbocycles. The van der Waals surface area contributed by atoms with Gasteiger partial charge in [-0.15, -0.1) is 0 Å². The van der Waals surface area contributed by atoms with Crippen LogP contribution in [0.15, 0.2) is 66.8 Å². The molecule has 0 bridgehead atoms. The van der Waals surface area contributed by atoms with Gasteiger partial charge in [0.05, 0.1) is 0 Å². The van der Waals surface area contributed by atoms with Crippen LogP contribution < -0.4 is 4.90 Å². The van der Waals surface area contributed by atoms with Gasteiger partial charge in [-0.25, -0.2) is 0 Å². The molecule has 2 atom stereocenters. The molecule has 0 spiro atoms. The fourth-order valence-corrected chi connectivity index (χ4v) is 5.07. The fourth-order valence-electron chi connectivity index (χ4n) is 5.07. The van der Waals surface area contributed by atoms with E-state index in [4.69, 9.17) is 0 Å². The first-order chi connectivity index (χ1) is 15.0. The average Bonchev–Trinajstić information content (AvgIpc) is 2.74. The zero-order valence-electron chi connectivity index (χ0n) is 20.1. The van der Waals surface area contributed by atoms with Gasteiger partial charge in [0.25, 0.3) is 0 Å². The summed E-state index contributed by atoms with van der Waals surface area (Å²) in [6.07, 6.45) is 12.3. The molecule has 1 nitrogen and oxygen atoms in total. The zero-order chi connectivity index (χ0) is 22.2. The van der Waals surface area contributed by atoms with Crippen LogP contribution in [0, 0.1) is 18.8 Å². The van der Waals surface area contributed by atoms with E-state index in [0.717, 1.165) is 24.8 Å². The van der Waals surface area contributed by atoms with E-state index in [1.165, 1.54) is 54.5 Å². The number of hydrogen-bond acceptors (Lipinski definition) is 1. The van der Waals surface area contributed by atoms with Gasteiger partial charge in [-0.05, 0) is 87.0 Å². The third kappa shape index (κ3) is 6.35. The quantitative estimate of drug-likeness (QED) is 0.390. The smallest absolute Gasteiger partial charge is 0.0438 e. The lowest BCUT2D eigenvalue weighted by Gasteiger charge is -2.34. The summed E-state index contributed by atoms with van der Waals surface area (Å²) >= 11 is 0. The lowest BCUT2D eigenvalue weighted by atomic mass is 9.82. The largest absolute Gasteiger partial charge is 0.364 e. The molecule has 1 aliphatic rings. The molecular weight excluding hydrogens is 374 g/mol. The van der Waals surface area contributed by atoms with Crippen LogP contribution in [-0.2, 0) is 6.54 Å².